The predicted molar refractivity (Wildman–Crippen MR) is 86.8 cm³/mol. The van der Waals surface area contributed by atoms with Gasteiger partial charge in [-0.2, -0.15) is 5.26 Å². The number of thiophene rings is 1. The lowest BCUT2D eigenvalue weighted by molar-refractivity contribution is -0.380. The highest BCUT2D eigenvalue weighted by Gasteiger charge is 2.18. The van der Waals surface area contributed by atoms with E-state index in [1.54, 1.807) is 30.3 Å². The van der Waals surface area contributed by atoms with Crippen molar-refractivity contribution in [3.8, 4) is 6.07 Å². The van der Waals surface area contributed by atoms with Gasteiger partial charge >= 0.3 is 5.00 Å². The Bertz CT molecular complexity index is 880. The fraction of sp³-hybridized carbons (Fsp3) is 0.0714. The van der Waals surface area contributed by atoms with Crippen LogP contribution in [0.15, 0.2) is 47.4 Å². The predicted octanol–water partition coefficient (Wildman–Crippen LogP) is 2.64. The fourth-order valence-corrected chi connectivity index (χ4v) is 3.42. The Balaban J connectivity index is 2.19. The third-order valence-electron chi connectivity index (χ3n) is 2.77. The van der Waals surface area contributed by atoms with Crippen LogP contribution in [-0.2, 0) is 16.6 Å². The first-order valence-corrected chi connectivity index (χ1v) is 8.62. The number of allylic oxidation sites excluding steroid dienone is 1. The average molecular weight is 349 g/mol. The molecule has 0 radical (unpaired) electrons. The van der Waals surface area contributed by atoms with Crippen molar-refractivity contribution < 1.29 is 13.3 Å². The number of nitrogens with one attached hydrogen (secondary N) is 1. The van der Waals surface area contributed by atoms with E-state index in [9.17, 15) is 18.5 Å². The molecule has 1 aromatic carbocycles. The van der Waals surface area contributed by atoms with E-state index in [2.05, 4.69) is 4.72 Å². The number of rotatable bonds is 6. The summed E-state index contributed by atoms with van der Waals surface area (Å²) in [5, 5.41) is 19.6. The molecule has 0 aliphatic rings. The molecule has 9 heteroatoms. The maximum Gasteiger partial charge on any atom is 0.324 e. The molecular weight excluding hydrogens is 338 g/mol. The number of hydrogen-bond donors (Lipinski definition) is 1. The Kier molecular flexibility index (Phi) is 5.23. The summed E-state index contributed by atoms with van der Waals surface area (Å²) in [6.45, 7) is 0.0484. The fourth-order valence-electron chi connectivity index (χ4n) is 1.67. The topological polar surface area (TPSA) is 113 Å². The van der Waals surface area contributed by atoms with Crippen molar-refractivity contribution >= 4 is 32.4 Å². The molecule has 0 saturated heterocycles. The SMILES string of the molecule is N#CC(=Cc1ccc([N+](=O)[O-])s1)S(=O)(=O)NCc1ccccc1. The molecule has 2 rings (SSSR count). The first-order valence-electron chi connectivity index (χ1n) is 6.32. The summed E-state index contributed by atoms with van der Waals surface area (Å²) in [4.78, 5) is 9.88. The van der Waals surface area contributed by atoms with Gasteiger partial charge in [-0.05, 0) is 17.7 Å². The maximum absolute atomic E-state index is 12.1. The highest BCUT2D eigenvalue weighted by atomic mass is 32.2. The molecule has 0 fully saturated rings. The van der Waals surface area contributed by atoms with Crippen LogP contribution in [0, 0.1) is 21.4 Å². The lowest BCUT2D eigenvalue weighted by Gasteiger charge is -2.05. The molecule has 1 N–H and O–H groups in total. The van der Waals surface area contributed by atoms with Gasteiger partial charge in [-0.3, -0.25) is 10.1 Å². The van der Waals surface area contributed by atoms with Gasteiger partial charge in [-0.25, -0.2) is 13.1 Å². The minimum atomic E-state index is -3.99. The molecular formula is C14H11N3O4S2. The molecule has 0 spiro atoms. The van der Waals surface area contributed by atoms with Gasteiger partial charge in [-0.1, -0.05) is 41.7 Å². The van der Waals surface area contributed by atoms with Gasteiger partial charge in [0.25, 0.3) is 10.0 Å². The monoisotopic (exact) mass is 349 g/mol. The molecule has 1 heterocycles. The van der Waals surface area contributed by atoms with E-state index in [1.807, 2.05) is 6.07 Å². The Hall–Kier alpha value is -2.54. The Morgan fingerprint density at radius 3 is 2.57 bits per heavy atom. The highest BCUT2D eigenvalue weighted by Crippen LogP contribution is 2.26. The number of benzene rings is 1. The molecule has 0 atom stereocenters. The molecule has 23 heavy (non-hydrogen) atoms. The van der Waals surface area contributed by atoms with Gasteiger partial charge in [0.1, 0.15) is 6.07 Å². The van der Waals surface area contributed by atoms with Gasteiger partial charge in [0.05, 0.1) is 4.92 Å². The minimum Gasteiger partial charge on any atom is -0.258 e. The largest absolute Gasteiger partial charge is 0.324 e. The van der Waals surface area contributed by atoms with E-state index in [-0.39, 0.29) is 11.5 Å². The molecule has 7 nitrogen and oxygen atoms in total. The molecule has 0 aliphatic heterocycles. The Morgan fingerprint density at radius 1 is 1.30 bits per heavy atom. The quantitative estimate of drug-likeness (QED) is 0.489. The van der Waals surface area contributed by atoms with E-state index < -0.39 is 19.9 Å². The maximum atomic E-state index is 12.1. The molecule has 0 bridgehead atoms. The number of nitro groups is 1. The zero-order chi connectivity index (χ0) is 16.9. The third-order valence-corrected chi connectivity index (χ3v) is 5.07. The zero-order valence-corrected chi connectivity index (χ0v) is 13.3. The van der Waals surface area contributed by atoms with Gasteiger partial charge in [0, 0.05) is 17.5 Å². The van der Waals surface area contributed by atoms with Crippen molar-refractivity contribution in [3.63, 3.8) is 0 Å². The van der Waals surface area contributed by atoms with Crippen LogP contribution < -0.4 is 4.72 Å². The number of nitriles is 1. The molecule has 0 amide bonds. The number of sulfonamides is 1. The van der Waals surface area contributed by atoms with Gasteiger partial charge in [0.2, 0.25) is 0 Å². The summed E-state index contributed by atoms with van der Waals surface area (Å²) in [5.41, 5.74) is 0.750. The van der Waals surface area contributed by atoms with Crippen LogP contribution in [0.5, 0.6) is 0 Å². The summed E-state index contributed by atoms with van der Waals surface area (Å²) < 4.78 is 26.6. The molecule has 118 valence electrons. The van der Waals surface area contributed by atoms with Crippen LogP contribution in [-0.4, -0.2) is 13.3 Å². The Morgan fingerprint density at radius 2 is 2.00 bits per heavy atom. The van der Waals surface area contributed by atoms with E-state index in [0.717, 1.165) is 23.0 Å². The van der Waals surface area contributed by atoms with E-state index in [1.165, 1.54) is 12.1 Å². The lowest BCUT2D eigenvalue weighted by atomic mass is 10.2. The third kappa shape index (κ3) is 4.46. The summed E-state index contributed by atoms with van der Waals surface area (Å²) in [6, 6.07) is 13.1. The second-order valence-electron chi connectivity index (χ2n) is 4.36. The van der Waals surface area contributed by atoms with Crippen LogP contribution >= 0.6 is 11.3 Å². The van der Waals surface area contributed by atoms with Gasteiger partial charge in [0.15, 0.2) is 4.91 Å². The molecule has 0 unspecified atom stereocenters. The van der Waals surface area contributed by atoms with Crippen molar-refractivity contribution in [2.75, 3.05) is 0 Å². The standard InChI is InChI=1S/C14H11N3O4S2/c15-9-13(8-12-6-7-14(22-12)17(18)19)23(20,21)16-10-11-4-2-1-3-5-11/h1-8,16H,10H2. The molecule has 0 saturated carbocycles. The van der Waals surface area contributed by atoms with Crippen LogP contribution in [0.25, 0.3) is 6.08 Å². The van der Waals surface area contributed by atoms with Crippen molar-refractivity contribution in [3.05, 3.63) is 67.9 Å². The van der Waals surface area contributed by atoms with Crippen LogP contribution in [0.3, 0.4) is 0 Å². The summed E-state index contributed by atoms with van der Waals surface area (Å²) in [7, 11) is -3.99. The second-order valence-corrected chi connectivity index (χ2v) is 7.19. The smallest absolute Gasteiger partial charge is 0.258 e. The summed E-state index contributed by atoms with van der Waals surface area (Å²) in [5.74, 6) is 0. The van der Waals surface area contributed by atoms with E-state index >= 15 is 0 Å². The lowest BCUT2D eigenvalue weighted by Crippen LogP contribution is -2.24. The van der Waals surface area contributed by atoms with Crippen molar-refractivity contribution in [1.82, 2.24) is 4.72 Å². The zero-order valence-electron chi connectivity index (χ0n) is 11.7. The Labute approximate surface area is 136 Å². The van der Waals surface area contributed by atoms with Crippen LogP contribution in [0.2, 0.25) is 0 Å². The minimum absolute atomic E-state index is 0.0484. The highest BCUT2D eigenvalue weighted by molar-refractivity contribution is 7.93. The average Bonchev–Trinajstić information content (AvgIpc) is 3.00. The first-order chi connectivity index (χ1) is 10.9. The van der Waals surface area contributed by atoms with E-state index in [4.69, 9.17) is 5.26 Å². The van der Waals surface area contributed by atoms with Crippen LogP contribution in [0.4, 0.5) is 5.00 Å². The van der Waals surface area contributed by atoms with Crippen molar-refractivity contribution in [2.24, 2.45) is 0 Å². The van der Waals surface area contributed by atoms with Crippen LogP contribution in [0.1, 0.15) is 10.4 Å². The number of nitrogens with zero attached hydrogens (tertiary/aromatic N) is 2. The summed E-state index contributed by atoms with van der Waals surface area (Å²) >= 11 is 0.796. The summed E-state index contributed by atoms with van der Waals surface area (Å²) in [6.07, 6.45) is 1.12. The first kappa shape index (κ1) is 16.8. The molecule has 1 aromatic heterocycles. The normalized spacial score (nSPS) is 11.9. The molecule has 2 aromatic rings. The molecule has 0 aliphatic carbocycles. The van der Waals surface area contributed by atoms with Crippen molar-refractivity contribution in [2.45, 2.75) is 6.54 Å². The van der Waals surface area contributed by atoms with Crippen molar-refractivity contribution in [1.29, 1.82) is 5.26 Å². The van der Waals surface area contributed by atoms with E-state index in [0.29, 0.717) is 4.88 Å². The number of hydrogen-bond acceptors (Lipinski definition) is 6. The second kappa shape index (κ2) is 7.15. The van der Waals surface area contributed by atoms with Gasteiger partial charge < -0.3 is 0 Å². The van der Waals surface area contributed by atoms with Gasteiger partial charge in [-0.15, -0.1) is 0 Å².